The summed E-state index contributed by atoms with van der Waals surface area (Å²) in [6, 6.07) is 61.6. The van der Waals surface area contributed by atoms with Crippen LogP contribution in [0.1, 0.15) is 22.5 Å². The third-order valence-electron chi connectivity index (χ3n) is 12.3. The van der Waals surface area contributed by atoms with Gasteiger partial charge in [-0.2, -0.15) is 0 Å². The van der Waals surface area contributed by atoms with Crippen LogP contribution in [-0.2, 0) is 5.41 Å². The maximum atomic E-state index is 5.15. The molecule has 7 heteroatoms. The third kappa shape index (κ3) is 5.96. The predicted octanol–water partition coefficient (Wildman–Crippen LogP) is 12.5. The summed E-state index contributed by atoms with van der Waals surface area (Å²) < 4.78 is 0. The molecule has 1 spiro atoms. The lowest BCUT2D eigenvalue weighted by molar-refractivity contribution is 0.450. The molecule has 5 aromatic carbocycles. The molecule has 0 radical (unpaired) electrons. The second-order valence-corrected chi connectivity index (χ2v) is 17.0. The summed E-state index contributed by atoms with van der Waals surface area (Å²) in [5.74, 6) is 2.07. The molecule has 6 nitrogen and oxygen atoms in total. The number of hydrogen-bond donors (Lipinski definition) is 0. The summed E-state index contributed by atoms with van der Waals surface area (Å²) in [5.41, 5.74) is 14.4. The summed E-state index contributed by atoms with van der Waals surface area (Å²) >= 11 is 1.92. The molecular weight excluding hydrogens is 777 g/mol. The van der Waals surface area contributed by atoms with Crippen LogP contribution in [0, 0.1) is 5.92 Å². The Morgan fingerprint density at radius 1 is 0.419 bits per heavy atom. The zero-order valence-corrected chi connectivity index (χ0v) is 34.2. The summed E-state index contributed by atoms with van der Waals surface area (Å²) in [6.07, 6.45) is 10.7. The van der Waals surface area contributed by atoms with Crippen LogP contribution in [-0.4, -0.2) is 35.2 Å². The average molecular weight is 813 g/mol. The number of pyridine rings is 3. The fourth-order valence-corrected chi connectivity index (χ4v) is 11.1. The molecule has 2 aliphatic carbocycles. The van der Waals surface area contributed by atoms with E-state index in [0.717, 1.165) is 50.6 Å². The Morgan fingerprint density at radius 3 is 1.55 bits per heavy atom. The van der Waals surface area contributed by atoms with Gasteiger partial charge in [-0.1, -0.05) is 152 Å². The van der Waals surface area contributed by atoms with Gasteiger partial charge in [-0.3, -0.25) is 9.97 Å². The van der Waals surface area contributed by atoms with E-state index < -0.39 is 5.41 Å². The van der Waals surface area contributed by atoms with E-state index >= 15 is 0 Å². The third-order valence-corrected chi connectivity index (χ3v) is 13.6. The highest BCUT2D eigenvalue weighted by molar-refractivity contribution is 8.00. The molecule has 1 aliphatic heterocycles. The molecule has 2 unspecified atom stereocenters. The maximum absolute atomic E-state index is 5.15. The molecule has 0 amide bonds. The first-order valence-corrected chi connectivity index (χ1v) is 21.7. The molecule has 0 bridgehead atoms. The summed E-state index contributed by atoms with van der Waals surface area (Å²) in [6.45, 7) is 0. The first-order chi connectivity index (χ1) is 30.7. The molecule has 3 aliphatic rings. The molecule has 0 saturated carbocycles. The van der Waals surface area contributed by atoms with E-state index in [-0.39, 0.29) is 11.2 Å². The number of aromatic nitrogens is 6. The zero-order valence-electron chi connectivity index (χ0n) is 33.4. The van der Waals surface area contributed by atoms with Crippen molar-refractivity contribution in [3.05, 3.63) is 229 Å². The van der Waals surface area contributed by atoms with Crippen LogP contribution >= 0.6 is 11.8 Å². The van der Waals surface area contributed by atoms with Gasteiger partial charge in [0, 0.05) is 45.2 Å². The molecule has 0 saturated heterocycles. The molecule has 12 rings (SSSR count). The molecule has 4 aromatic heterocycles. The quantitative estimate of drug-likeness (QED) is 0.165. The van der Waals surface area contributed by atoms with Crippen LogP contribution in [0.3, 0.4) is 0 Å². The van der Waals surface area contributed by atoms with Gasteiger partial charge in [-0.15, -0.1) is 11.8 Å². The number of allylic oxidation sites excluding steroid dienone is 3. The minimum atomic E-state index is -0.435. The van der Waals surface area contributed by atoms with E-state index in [1.165, 1.54) is 32.7 Å². The number of hydrogen-bond acceptors (Lipinski definition) is 7. The lowest BCUT2D eigenvalue weighted by atomic mass is 9.61. The van der Waals surface area contributed by atoms with Gasteiger partial charge in [-0.05, 0) is 81.4 Å². The Morgan fingerprint density at radius 2 is 0.968 bits per heavy atom. The number of thioether (sulfide) groups is 1. The van der Waals surface area contributed by atoms with Crippen molar-refractivity contribution in [1.29, 1.82) is 0 Å². The predicted molar refractivity (Wildman–Crippen MR) is 249 cm³/mol. The first kappa shape index (κ1) is 36.3. The minimum Gasteiger partial charge on any atom is -0.255 e. The summed E-state index contributed by atoms with van der Waals surface area (Å²) in [4.78, 5) is 31.0. The van der Waals surface area contributed by atoms with Crippen LogP contribution in [0.4, 0.5) is 0 Å². The molecule has 2 atom stereocenters. The van der Waals surface area contributed by atoms with Gasteiger partial charge in [0.25, 0.3) is 0 Å². The maximum Gasteiger partial charge on any atom is 0.164 e. The van der Waals surface area contributed by atoms with Gasteiger partial charge in [0.05, 0.1) is 28.2 Å². The van der Waals surface area contributed by atoms with Crippen molar-refractivity contribution in [3.8, 4) is 67.8 Å². The summed E-state index contributed by atoms with van der Waals surface area (Å²) in [5, 5.41) is 0.0553. The highest BCUT2D eigenvalue weighted by Gasteiger charge is 2.55. The molecule has 0 fully saturated rings. The van der Waals surface area contributed by atoms with Gasteiger partial charge in [-0.25, -0.2) is 19.9 Å². The Hall–Kier alpha value is -7.61. The topological polar surface area (TPSA) is 77.3 Å². The molecular formula is C55H36N6S. The fraction of sp³-hybridized carbons (Fsp3) is 0.0545. The van der Waals surface area contributed by atoms with Gasteiger partial charge < -0.3 is 0 Å². The first-order valence-electron chi connectivity index (χ1n) is 20.8. The van der Waals surface area contributed by atoms with E-state index in [1.807, 2.05) is 97.0 Å². The van der Waals surface area contributed by atoms with E-state index in [9.17, 15) is 0 Å². The average Bonchev–Trinajstić information content (AvgIpc) is 3.65. The largest absolute Gasteiger partial charge is 0.255 e. The van der Waals surface area contributed by atoms with Crippen LogP contribution in [0.15, 0.2) is 211 Å². The molecule has 62 heavy (non-hydrogen) atoms. The van der Waals surface area contributed by atoms with Crippen LogP contribution < -0.4 is 0 Å². The second-order valence-electron chi connectivity index (χ2n) is 15.8. The van der Waals surface area contributed by atoms with Crippen LogP contribution in [0.5, 0.6) is 0 Å². The fourth-order valence-electron chi connectivity index (χ4n) is 9.60. The Balaban J connectivity index is 1.05. The van der Waals surface area contributed by atoms with Crippen molar-refractivity contribution < 1.29 is 0 Å². The van der Waals surface area contributed by atoms with Crippen LogP contribution in [0.25, 0.3) is 73.4 Å². The Kier molecular flexibility index (Phi) is 8.68. The van der Waals surface area contributed by atoms with Crippen molar-refractivity contribution >= 4 is 17.3 Å². The minimum absolute atomic E-state index is 0.0553. The van der Waals surface area contributed by atoms with Crippen molar-refractivity contribution in [1.82, 2.24) is 29.9 Å². The molecule has 292 valence electrons. The highest BCUT2D eigenvalue weighted by Crippen LogP contribution is 2.64. The Labute approximate surface area is 363 Å². The number of benzene rings is 5. The van der Waals surface area contributed by atoms with Gasteiger partial charge in [0.15, 0.2) is 17.5 Å². The van der Waals surface area contributed by atoms with Crippen molar-refractivity contribution in [3.63, 3.8) is 0 Å². The van der Waals surface area contributed by atoms with Crippen LogP contribution in [0.2, 0.25) is 0 Å². The zero-order chi connectivity index (χ0) is 41.0. The second kappa shape index (κ2) is 14.8. The standard InChI is InChI=1S/C55H36N6S/c1-3-15-35(16-4-1)52-59-53(36-17-5-2-6-18-36)61-54(60-52)38-26-28-45-51(34-38)62-50-33-37(25-27-44(50)55(45)42-21-9-7-19-40(42)41-20-8-10-22-43(41)55)39-31-48(46-23-11-13-29-56-46)58-49(32-39)47-24-12-14-30-57-47/h1-34,45,51H. The lowest BCUT2D eigenvalue weighted by Crippen LogP contribution is -2.44. The van der Waals surface area contributed by atoms with Gasteiger partial charge >= 0.3 is 0 Å². The highest BCUT2D eigenvalue weighted by atomic mass is 32.2. The van der Waals surface area contributed by atoms with Gasteiger partial charge in [0.1, 0.15) is 0 Å². The molecule has 0 N–H and O–H groups in total. The SMILES string of the molecule is C1=CC2C(C=C1c1nc(-c3ccccc3)nc(-c3ccccc3)n1)Sc1cc(-c3cc(-c4ccccn4)nc(-c4ccccn4)c3)ccc1C21c2ccccc2-c2ccccc21. The van der Waals surface area contributed by atoms with Crippen molar-refractivity contribution in [2.24, 2.45) is 5.92 Å². The van der Waals surface area contributed by atoms with E-state index in [2.05, 4.69) is 131 Å². The van der Waals surface area contributed by atoms with E-state index in [0.29, 0.717) is 17.5 Å². The van der Waals surface area contributed by atoms with Crippen molar-refractivity contribution in [2.45, 2.75) is 15.6 Å². The lowest BCUT2D eigenvalue weighted by Gasteiger charge is -2.47. The smallest absolute Gasteiger partial charge is 0.164 e. The molecule has 9 aromatic rings. The summed E-state index contributed by atoms with van der Waals surface area (Å²) in [7, 11) is 0. The van der Waals surface area contributed by atoms with Gasteiger partial charge in [0.2, 0.25) is 0 Å². The Bertz CT molecular complexity index is 3060. The normalized spacial score (nSPS) is 16.5. The van der Waals surface area contributed by atoms with E-state index in [1.54, 1.807) is 0 Å². The monoisotopic (exact) mass is 812 g/mol. The van der Waals surface area contributed by atoms with E-state index in [4.69, 9.17) is 19.9 Å². The number of fused-ring (bicyclic) bond motifs is 9. The molecule has 5 heterocycles. The number of rotatable bonds is 6. The van der Waals surface area contributed by atoms with Crippen molar-refractivity contribution in [2.75, 3.05) is 0 Å². The number of nitrogens with zero attached hydrogens (tertiary/aromatic N) is 6.